The fourth-order valence-corrected chi connectivity index (χ4v) is 1.61. The third kappa shape index (κ3) is 3.00. The Hall–Kier alpha value is -1.50. The van der Waals surface area contributed by atoms with Crippen LogP contribution in [0.3, 0.4) is 0 Å². The highest BCUT2D eigenvalue weighted by Crippen LogP contribution is 2.24. The molecule has 2 N–H and O–H groups in total. The zero-order valence-corrected chi connectivity index (χ0v) is 9.24. The number of non-ortho nitro benzene ring substituents is 1. The lowest BCUT2D eigenvalue weighted by molar-refractivity contribution is -0.384. The summed E-state index contributed by atoms with van der Waals surface area (Å²) in [7, 11) is 0. The van der Waals surface area contributed by atoms with E-state index in [1.807, 2.05) is 0 Å². The number of hydrogen-bond acceptors (Lipinski definition) is 5. The van der Waals surface area contributed by atoms with E-state index >= 15 is 0 Å². The molecule has 0 unspecified atom stereocenters. The van der Waals surface area contributed by atoms with Crippen molar-refractivity contribution in [2.75, 3.05) is 13.2 Å². The van der Waals surface area contributed by atoms with Gasteiger partial charge in [0.15, 0.2) is 6.29 Å². The van der Waals surface area contributed by atoms with Crippen LogP contribution in [0.25, 0.3) is 0 Å². The molecular formula is C11H14N2O4. The number of nitrogens with two attached hydrogens (primary N) is 1. The number of benzene rings is 1. The zero-order chi connectivity index (χ0) is 12.3. The normalized spacial score (nSPS) is 25.2. The average Bonchev–Trinajstić information content (AvgIpc) is 2.54. The van der Waals surface area contributed by atoms with Gasteiger partial charge in [0.2, 0.25) is 0 Å². The first-order valence-corrected chi connectivity index (χ1v) is 5.40. The second kappa shape index (κ2) is 5.22. The molecule has 0 radical (unpaired) electrons. The van der Waals surface area contributed by atoms with Crippen molar-refractivity contribution in [3.8, 4) is 0 Å². The molecule has 0 aliphatic carbocycles. The molecule has 2 rings (SSSR count). The molecule has 1 heterocycles. The fraction of sp³-hybridized carbons (Fsp3) is 0.455. The molecule has 0 amide bonds. The Balaban J connectivity index is 2.08. The van der Waals surface area contributed by atoms with Crippen LogP contribution in [0.1, 0.15) is 18.3 Å². The molecule has 6 heteroatoms. The minimum absolute atomic E-state index is 0.0157. The maximum absolute atomic E-state index is 10.5. The van der Waals surface area contributed by atoms with E-state index in [1.165, 1.54) is 12.1 Å². The first-order valence-electron chi connectivity index (χ1n) is 5.40. The van der Waals surface area contributed by atoms with Gasteiger partial charge in [-0.15, -0.1) is 0 Å². The van der Waals surface area contributed by atoms with Gasteiger partial charge in [-0.2, -0.15) is 0 Å². The lowest BCUT2D eigenvalue weighted by Crippen LogP contribution is -2.25. The molecular weight excluding hydrogens is 224 g/mol. The van der Waals surface area contributed by atoms with Crippen molar-refractivity contribution in [1.82, 2.24) is 0 Å². The third-order valence-electron chi connectivity index (χ3n) is 2.60. The fourth-order valence-electron chi connectivity index (χ4n) is 1.61. The van der Waals surface area contributed by atoms with Gasteiger partial charge >= 0.3 is 0 Å². The van der Waals surface area contributed by atoms with Crippen molar-refractivity contribution in [1.29, 1.82) is 0 Å². The van der Waals surface area contributed by atoms with Crippen molar-refractivity contribution in [3.05, 3.63) is 39.9 Å². The Kier molecular flexibility index (Phi) is 3.68. The monoisotopic (exact) mass is 238 g/mol. The second-order valence-corrected chi connectivity index (χ2v) is 3.93. The molecule has 1 aromatic carbocycles. The summed E-state index contributed by atoms with van der Waals surface area (Å²) in [5, 5.41) is 10.5. The first-order chi connectivity index (χ1) is 8.16. The SMILES string of the molecule is N[C@H]1CCO[C@@H](c2ccc([N+](=O)[O-])cc2)OC1. The van der Waals surface area contributed by atoms with E-state index in [-0.39, 0.29) is 11.7 Å². The Bertz CT molecular complexity index is 393. The van der Waals surface area contributed by atoms with Gasteiger partial charge in [0, 0.05) is 23.7 Å². The molecule has 1 fully saturated rings. The summed E-state index contributed by atoms with van der Waals surface area (Å²) in [6, 6.07) is 6.14. The molecule has 92 valence electrons. The summed E-state index contributed by atoms with van der Waals surface area (Å²) in [6.07, 6.45) is 0.271. The second-order valence-electron chi connectivity index (χ2n) is 3.93. The first kappa shape index (κ1) is 12.0. The molecule has 1 aliphatic heterocycles. The Labute approximate surface area is 98.5 Å². The molecule has 6 nitrogen and oxygen atoms in total. The quantitative estimate of drug-likeness (QED) is 0.620. The topological polar surface area (TPSA) is 87.6 Å². The summed E-state index contributed by atoms with van der Waals surface area (Å²) in [6.45, 7) is 0.963. The van der Waals surface area contributed by atoms with Crippen molar-refractivity contribution in [2.24, 2.45) is 5.73 Å². The number of nitro benzene ring substituents is 1. The molecule has 0 spiro atoms. The highest BCUT2D eigenvalue weighted by molar-refractivity contribution is 5.33. The maximum atomic E-state index is 10.5. The summed E-state index contributed by atoms with van der Waals surface area (Å²) >= 11 is 0. The molecule has 1 aliphatic rings. The van der Waals surface area contributed by atoms with Crippen LogP contribution in [0.2, 0.25) is 0 Å². The number of nitro groups is 1. The molecule has 17 heavy (non-hydrogen) atoms. The molecule has 1 saturated heterocycles. The Morgan fingerprint density at radius 3 is 2.65 bits per heavy atom. The molecule has 1 aromatic rings. The van der Waals surface area contributed by atoms with Crippen LogP contribution in [0.4, 0.5) is 5.69 Å². The largest absolute Gasteiger partial charge is 0.348 e. The van der Waals surface area contributed by atoms with Crippen LogP contribution >= 0.6 is 0 Å². The highest BCUT2D eigenvalue weighted by atomic mass is 16.7. The van der Waals surface area contributed by atoms with Gasteiger partial charge in [-0.1, -0.05) is 0 Å². The van der Waals surface area contributed by atoms with Crippen LogP contribution in [0, 0.1) is 10.1 Å². The van der Waals surface area contributed by atoms with Crippen LogP contribution in [0.15, 0.2) is 24.3 Å². The molecule has 2 atom stereocenters. The number of hydrogen-bond donors (Lipinski definition) is 1. The number of nitrogens with zero attached hydrogens (tertiary/aromatic N) is 1. The van der Waals surface area contributed by atoms with E-state index in [2.05, 4.69) is 0 Å². The maximum Gasteiger partial charge on any atom is 0.269 e. The van der Waals surface area contributed by atoms with Crippen molar-refractivity contribution in [2.45, 2.75) is 18.8 Å². The molecule has 0 aromatic heterocycles. The molecule has 0 saturated carbocycles. The summed E-state index contributed by atoms with van der Waals surface area (Å²) in [5.74, 6) is 0. The van der Waals surface area contributed by atoms with E-state index in [0.29, 0.717) is 13.2 Å². The van der Waals surface area contributed by atoms with Crippen molar-refractivity contribution in [3.63, 3.8) is 0 Å². The highest BCUT2D eigenvalue weighted by Gasteiger charge is 2.19. The predicted molar refractivity (Wildman–Crippen MR) is 60.3 cm³/mol. The van der Waals surface area contributed by atoms with E-state index in [4.69, 9.17) is 15.2 Å². The summed E-state index contributed by atoms with van der Waals surface area (Å²) < 4.78 is 11.0. The van der Waals surface area contributed by atoms with E-state index in [9.17, 15) is 10.1 Å². The lowest BCUT2D eigenvalue weighted by Gasteiger charge is -2.15. The van der Waals surface area contributed by atoms with Crippen LogP contribution < -0.4 is 5.73 Å². The number of ether oxygens (including phenoxy) is 2. The minimum Gasteiger partial charge on any atom is -0.348 e. The van der Waals surface area contributed by atoms with Crippen LogP contribution in [-0.4, -0.2) is 24.2 Å². The van der Waals surface area contributed by atoms with Gasteiger partial charge in [0.25, 0.3) is 5.69 Å². The summed E-state index contributed by atoms with van der Waals surface area (Å²) in [4.78, 5) is 10.1. The van der Waals surface area contributed by atoms with Crippen LogP contribution in [0.5, 0.6) is 0 Å². The van der Waals surface area contributed by atoms with E-state index < -0.39 is 11.2 Å². The van der Waals surface area contributed by atoms with Gasteiger partial charge < -0.3 is 15.2 Å². The Morgan fingerprint density at radius 2 is 2.00 bits per heavy atom. The lowest BCUT2D eigenvalue weighted by atomic mass is 10.2. The minimum atomic E-state index is -0.482. The summed E-state index contributed by atoms with van der Waals surface area (Å²) in [5.41, 5.74) is 6.57. The van der Waals surface area contributed by atoms with Gasteiger partial charge in [-0.05, 0) is 18.6 Å². The number of rotatable bonds is 2. The Morgan fingerprint density at radius 1 is 1.29 bits per heavy atom. The standard InChI is InChI=1S/C11H14N2O4/c12-9-5-6-16-11(17-7-9)8-1-3-10(4-2-8)13(14)15/h1-4,9,11H,5-7,12H2/t9-,11+/m0/s1. The van der Waals surface area contributed by atoms with Crippen molar-refractivity contribution < 1.29 is 14.4 Å². The van der Waals surface area contributed by atoms with Gasteiger partial charge in [0.1, 0.15) is 0 Å². The van der Waals surface area contributed by atoms with E-state index in [1.54, 1.807) is 12.1 Å². The van der Waals surface area contributed by atoms with Gasteiger partial charge in [0.05, 0.1) is 18.1 Å². The zero-order valence-electron chi connectivity index (χ0n) is 9.24. The third-order valence-corrected chi connectivity index (χ3v) is 2.60. The average molecular weight is 238 g/mol. The van der Waals surface area contributed by atoms with Crippen molar-refractivity contribution >= 4 is 5.69 Å². The smallest absolute Gasteiger partial charge is 0.269 e. The van der Waals surface area contributed by atoms with E-state index in [0.717, 1.165) is 12.0 Å². The molecule has 0 bridgehead atoms. The van der Waals surface area contributed by atoms with Gasteiger partial charge in [-0.25, -0.2) is 0 Å². The van der Waals surface area contributed by atoms with Crippen LogP contribution in [-0.2, 0) is 9.47 Å². The predicted octanol–water partition coefficient (Wildman–Crippen LogP) is 1.36. The van der Waals surface area contributed by atoms with Gasteiger partial charge in [-0.3, -0.25) is 10.1 Å².